The highest BCUT2D eigenvalue weighted by molar-refractivity contribution is 7.84. The van der Waals surface area contributed by atoms with Gasteiger partial charge in [0.25, 0.3) is 0 Å². The second-order valence-electron chi connectivity index (χ2n) is 10.0. The van der Waals surface area contributed by atoms with Crippen LogP contribution in [0.15, 0.2) is 84.3 Å². The van der Waals surface area contributed by atoms with Gasteiger partial charge in [-0.15, -0.1) is 0 Å². The average Bonchev–Trinajstić information content (AvgIpc) is 2.89. The standard InChI is InChI=1S/C30H40N2O5S/c1-29(25(33)21-27(31)35,23-13-5-3-6-14-23)17-9-11-19-38(37)20-12-10-18-30(2,26(34)22-28(32)36)24-15-7-4-8-16-24/h3-8,13-16,21-22,33-34H,9-12,17-20H2,1-2H3,(H2,31,35)(H2,32,36)/b25-21-,26-22-. The van der Waals surface area contributed by atoms with Crippen molar-refractivity contribution in [2.45, 2.75) is 63.2 Å². The lowest BCUT2D eigenvalue weighted by Crippen LogP contribution is -2.27. The third kappa shape index (κ3) is 8.87. The molecule has 0 fully saturated rings. The van der Waals surface area contributed by atoms with E-state index < -0.39 is 33.4 Å². The van der Waals surface area contributed by atoms with E-state index in [9.17, 15) is 24.0 Å². The molecule has 2 unspecified atom stereocenters. The lowest BCUT2D eigenvalue weighted by molar-refractivity contribution is -0.114. The molecule has 2 atom stereocenters. The second kappa shape index (κ2) is 14.5. The van der Waals surface area contributed by atoms with Crippen molar-refractivity contribution in [2.24, 2.45) is 11.5 Å². The third-order valence-corrected chi connectivity index (χ3v) is 8.60. The Kier molecular flexibility index (Phi) is 11.8. The van der Waals surface area contributed by atoms with Gasteiger partial charge in [-0.1, -0.05) is 73.5 Å². The van der Waals surface area contributed by atoms with Gasteiger partial charge in [0.2, 0.25) is 11.8 Å². The molecule has 0 aliphatic heterocycles. The van der Waals surface area contributed by atoms with E-state index in [1.54, 1.807) is 0 Å². The van der Waals surface area contributed by atoms with E-state index in [4.69, 9.17) is 11.5 Å². The Morgan fingerprint density at radius 1 is 0.711 bits per heavy atom. The summed E-state index contributed by atoms with van der Waals surface area (Å²) in [7, 11) is -1.01. The minimum atomic E-state index is -1.01. The van der Waals surface area contributed by atoms with Crippen LogP contribution in [0.4, 0.5) is 0 Å². The van der Waals surface area contributed by atoms with Gasteiger partial charge in [0.1, 0.15) is 11.5 Å². The quantitative estimate of drug-likeness (QED) is 0.137. The predicted octanol–water partition coefficient (Wildman–Crippen LogP) is 4.85. The van der Waals surface area contributed by atoms with Gasteiger partial charge in [0.15, 0.2) is 0 Å². The first-order valence-corrected chi connectivity index (χ1v) is 14.3. The Morgan fingerprint density at radius 3 is 1.37 bits per heavy atom. The number of unbranched alkanes of at least 4 members (excludes halogenated alkanes) is 2. The largest absolute Gasteiger partial charge is 0.511 e. The Morgan fingerprint density at radius 2 is 1.05 bits per heavy atom. The zero-order valence-corrected chi connectivity index (χ0v) is 23.1. The van der Waals surface area contributed by atoms with Crippen molar-refractivity contribution in [1.82, 2.24) is 0 Å². The van der Waals surface area contributed by atoms with E-state index in [2.05, 4.69) is 0 Å². The molecule has 0 aliphatic rings. The highest BCUT2D eigenvalue weighted by Gasteiger charge is 2.32. The van der Waals surface area contributed by atoms with Gasteiger partial charge in [-0.3, -0.25) is 13.8 Å². The molecule has 206 valence electrons. The van der Waals surface area contributed by atoms with Crippen molar-refractivity contribution in [3.63, 3.8) is 0 Å². The predicted molar refractivity (Wildman–Crippen MR) is 153 cm³/mol. The summed E-state index contributed by atoms with van der Waals surface area (Å²) in [6.07, 6.45) is 6.12. The van der Waals surface area contributed by atoms with Gasteiger partial charge in [0.05, 0.1) is 0 Å². The summed E-state index contributed by atoms with van der Waals surface area (Å²) >= 11 is 0. The van der Waals surface area contributed by atoms with Crippen LogP contribution < -0.4 is 11.5 Å². The van der Waals surface area contributed by atoms with E-state index in [1.165, 1.54) is 0 Å². The zero-order chi connectivity index (χ0) is 28.2. The fourth-order valence-electron chi connectivity index (χ4n) is 4.63. The van der Waals surface area contributed by atoms with Crippen LogP contribution >= 0.6 is 0 Å². The van der Waals surface area contributed by atoms with Crippen LogP contribution in [0.1, 0.15) is 63.5 Å². The van der Waals surface area contributed by atoms with Crippen LogP contribution in [0.2, 0.25) is 0 Å². The monoisotopic (exact) mass is 540 g/mol. The van der Waals surface area contributed by atoms with E-state index in [0.29, 0.717) is 50.0 Å². The number of primary amides is 2. The maximum absolute atomic E-state index is 12.7. The molecule has 38 heavy (non-hydrogen) atoms. The minimum Gasteiger partial charge on any atom is -0.511 e. The van der Waals surface area contributed by atoms with Crippen LogP contribution in [-0.4, -0.2) is 37.7 Å². The molecule has 2 rings (SSSR count). The van der Waals surface area contributed by atoms with Crippen molar-refractivity contribution < 1.29 is 24.0 Å². The highest BCUT2D eigenvalue weighted by atomic mass is 32.2. The number of aliphatic hydroxyl groups is 2. The molecule has 8 heteroatoms. The smallest absolute Gasteiger partial charge is 0.244 e. The van der Waals surface area contributed by atoms with Gasteiger partial charge < -0.3 is 21.7 Å². The lowest BCUT2D eigenvalue weighted by Gasteiger charge is -2.30. The summed E-state index contributed by atoms with van der Waals surface area (Å²) in [5.74, 6) is -0.484. The molecule has 0 saturated heterocycles. The molecule has 7 nitrogen and oxygen atoms in total. The summed E-state index contributed by atoms with van der Waals surface area (Å²) in [6, 6.07) is 18.9. The normalized spacial score (nSPS) is 16.3. The Bertz CT molecular complexity index is 1060. The third-order valence-electron chi connectivity index (χ3n) is 7.11. The molecular weight excluding hydrogens is 500 g/mol. The summed E-state index contributed by atoms with van der Waals surface area (Å²) in [5.41, 5.74) is 10.8. The number of aliphatic hydroxyl groups excluding tert-OH is 2. The molecule has 2 amide bonds. The summed E-state index contributed by atoms with van der Waals surface area (Å²) in [5, 5.41) is 21.3. The van der Waals surface area contributed by atoms with E-state index in [-0.39, 0.29) is 11.5 Å². The number of hydrogen-bond donors (Lipinski definition) is 4. The van der Waals surface area contributed by atoms with Gasteiger partial charge in [0, 0.05) is 45.3 Å². The molecule has 2 aromatic carbocycles. The number of nitrogens with two attached hydrogens (primary N) is 2. The maximum Gasteiger partial charge on any atom is 0.244 e. The summed E-state index contributed by atoms with van der Waals surface area (Å²) in [4.78, 5) is 22.7. The molecule has 0 aliphatic carbocycles. The van der Waals surface area contributed by atoms with Gasteiger partial charge in [-0.25, -0.2) is 0 Å². The average molecular weight is 541 g/mol. The number of rotatable bonds is 16. The van der Waals surface area contributed by atoms with Crippen molar-refractivity contribution in [3.8, 4) is 0 Å². The van der Waals surface area contributed by atoms with Crippen molar-refractivity contribution in [1.29, 1.82) is 0 Å². The van der Waals surface area contributed by atoms with Crippen LogP contribution in [0, 0.1) is 0 Å². The molecule has 0 spiro atoms. The summed E-state index contributed by atoms with van der Waals surface area (Å²) in [6.45, 7) is 3.75. The van der Waals surface area contributed by atoms with Gasteiger partial charge >= 0.3 is 0 Å². The zero-order valence-electron chi connectivity index (χ0n) is 22.3. The maximum atomic E-state index is 12.7. The molecule has 0 bridgehead atoms. The SMILES string of the molecule is CC(CCCCS(=O)CCCCC(C)(/C(O)=C/C(N)=O)c1ccccc1)(/C(O)=C/C(N)=O)c1ccccc1. The van der Waals surface area contributed by atoms with E-state index in [1.807, 2.05) is 74.5 Å². The summed E-state index contributed by atoms with van der Waals surface area (Å²) < 4.78 is 12.7. The molecule has 0 saturated carbocycles. The van der Waals surface area contributed by atoms with Crippen LogP contribution in [0.5, 0.6) is 0 Å². The number of amides is 2. The molecular formula is C30H40N2O5S. The van der Waals surface area contributed by atoms with Crippen LogP contribution in [-0.2, 0) is 31.2 Å². The first-order chi connectivity index (χ1) is 18.0. The van der Waals surface area contributed by atoms with E-state index >= 15 is 0 Å². The molecule has 2 aromatic rings. The first-order valence-electron chi connectivity index (χ1n) is 12.9. The van der Waals surface area contributed by atoms with Crippen molar-refractivity contribution >= 4 is 22.6 Å². The lowest BCUT2D eigenvalue weighted by atomic mass is 9.76. The minimum absolute atomic E-state index is 0.0765. The second-order valence-corrected chi connectivity index (χ2v) is 11.7. The number of carbonyl (C=O) groups excluding carboxylic acids is 2. The fraction of sp³-hybridized carbons (Fsp3) is 0.400. The van der Waals surface area contributed by atoms with Gasteiger partial charge in [-0.05, 0) is 50.7 Å². The van der Waals surface area contributed by atoms with Gasteiger partial charge in [-0.2, -0.15) is 0 Å². The van der Waals surface area contributed by atoms with Crippen molar-refractivity contribution in [2.75, 3.05) is 11.5 Å². The molecule has 0 radical (unpaired) electrons. The molecule has 6 N–H and O–H groups in total. The number of benzene rings is 2. The topological polar surface area (TPSA) is 144 Å². The molecule has 0 heterocycles. The Labute approximate surface area is 228 Å². The molecule has 0 aromatic heterocycles. The number of allylic oxidation sites excluding steroid dienone is 2. The first kappa shape index (κ1) is 30.8. The fourth-order valence-corrected chi connectivity index (χ4v) is 5.88. The number of carbonyl (C=O) groups is 2. The number of hydrogen-bond acceptors (Lipinski definition) is 5. The Hall–Kier alpha value is -3.39. The highest BCUT2D eigenvalue weighted by Crippen LogP contribution is 2.37. The Balaban J connectivity index is 1.89. The van der Waals surface area contributed by atoms with Crippen molar-refractivity contribution in [3.05, 3.63) is 95.5 Å². The van der Waals surface area contributed by atoms with E-state index in [0.717, 1.165) is 23.3 Å². The van der Waals surface area contributed by atoms with Crippen LogP contribution in [0.25, 0.3) is 0 Å². The van der Waals surface area contributed by atoms with Crippen LogP contribution in [0.3, 0.4) is 0 Å².